The highest BCUT2D eigenvalue weighted by Gasteiger charge is 2.11. The van der Waals surface area contributed by atoms with E-state index in [1.54, 1.807) is 42.5 Å². The maximum absolute atomic E-state index is 13.5. The number of nitrogens with one attached hydrogen (secondary N) is 2. The Labute approximate surface area is 143 Å². The fourth-order valence-corrected chi connectivity index (χ4v) is 2.23. The molecule has 1 aromatic heterocycles. The third kappa shape index (κ3) is 4.11. The van der Waals surface area contributed by atoms with Crippen molar-refractivity contribution in [2.45, 2.75) is 6.54 Å². The van der Waals surface area contributed by atoms with E-state index >= 15 is 0 Å². The standard InChI is InChI=1S/C19H15FN2O3/c20-16-5-2-1-4-15(16)18(23)21-12-13-7-9-14(10-8-13)22-19(24)17-6-3-11-25-17/h1-11H,12H2,(H,21,23)(H,22,24). The van der Waals surface area contributed by atoms with Gasteiger partial charge in [-0.1, -0.05) is 24.3 Å². The van der Waals surface area contributed by atoms with Crippen LogP contribution >= 0.6 is 0 Å². The molecule has 0 aliphatic rings. The summed E-state index contributed by atoms with van der Waals surface area (Å²) in [7, 11) is 0. The summed E-state index contributed by atoms with van der Waals surface area (Å²) >= 11 is 0. The van der Waals surface area contributed by atoms with Gasteiger partial charge >= 0.3 is 0 Å². The predicted molar refractivity (Wildman–Crippen MR) is 90.7 cm³/mol. The molecule has 0 unspecified atom stereocenters. The van der Waals surface area contributed by atoms with E-state index in [0.717, 1.165) is 5.56 Å². The van der Waals surface area contributed by atoms with Gasteiger partial charge in [-0.05, 0) is 42.0 Å². The van der Waals surface area contributed by atoms with E-state index in [-0.39, 0.29) is 23.8 Å². The molecule has 2 N–H and O–H groups in total. The lowest BCUT2D eigenvalue weighted by atomic mass is 10.1. The van der Waals surface area contributed by atoms with Crippen LogP contribution in [0.25, 0.3) is 0 Å². The lowest BCUT2D eigenvalue weighted by Gasteiger charge is -2.08. The van der Waals surface area contributed by atoms with E-state index in [2.05, 4.69) is 10.6 Å². The van der Waals surface area contributed by atoms with Crippen molar-refractivity contribution in [3.63, 3.8) is 0 Å². The Hall–Kier alpha value is -3.41. The van der Waals surface area contributed by atoms with E-state index < -0.39 is 11.7 Å². The quantitative estimate of drug-likeness (QED) is 0.747. The van der Waals surface area contributed by atoms with Crippen molar-refractivity contribution >= 4 is 17.5 Å². The third-order valence-corrected chi connectivity index (χ3v) is 3.53. The number of hydrogen-bond donors (Lipinski definition) is 2. The molecule has 3 aromatic rings. The van der Waals surface area contributed by atoms with Gasteiger partial charge in [-0.3, -0.25) is 9.59 Å². The first-order valence-corrected chi connectivity index (χ1v) is 7.60. The highest BCUT2D eigenvalue weighted by atomic mass is 19.1. The van der Waals surface area contributed by atoms with E-state index in [4.69, 9.17) is 4.42 Å². The fourth-order valence-electron chi connectivity index (χ4n) is 2.23. The number of anilines is 1. The topological polar surface area (TPSA) is 71.3 Å². The van der Waals surface area contributed by atoms with E-state index in [0.29, 0.717) is 5.69 Å². The summed E-state index contributed by atoms with van der Waals surface area (Å²) in [6, 6.07) is 16.0. The second-order valence-corrected chi connectivity index (χ2v) is 5.29. The minimum absolute atomic E-state index is 0.00447. The molecule has 0 aliphatic carbocycles. The van der Waals surface area contributed by atoms with E-state index in [1.807, 2.05) is 0 Å². The molecule has 6 heteroatoms. The van der Waals surface area contributed by atoms with Crippen LogP contribution in [0.3, 0.4) is 0 Å². The Bertz CT molecular complexity index is 874. The molecule has 0 saturated carbocycles. The zero-order chi connectivity index (χ0) is 17.6. The minimum Gasteiger partial charge on any atom is -0.459 e. The number of benzene rings is 2. The zero-order valence-electron chi connectivity index (χ0n) is 13.2. The Morgan fingerprint density at radius 1 is 0.920 bits per heavy atom. The normalized spacial score (nSPS) is 10.3. The Kier molecular flexibility index (Phi) is 4.89. The fraction of sp³-hybridized carbons (Fsp3) is 0.0526. The van der Waals surface area contributed by atoms with Gasteiger partial charge in [0.05, 0.1) is 11.8 Å². The molecule has 0 bridgehead atoms. The van der Waals surface area contributed by atoms with E-state index in [9.17, 15) is 14.0 Å². The average Bonchev–Trinajstić information content (AvgIpc) is 3.16. The molecule has 0 aliphatic heterocycles. The SMILES string of the molecule is O=C(Nc1ccc(CNC(=O)c2ccccc2F)cc1)c1ccco1. The first-order valence-electron chi connectivity index (χ1n) is 7.60. The molecule has 0 fully saturated rings. The molecule has 2 aromatic carbocycles. The van der Waals surface area contributed by atoms with Gasteiger partial charge in [0.25, 0.3) is 11.8 Å². The maximum Gasteiger partial charge on any atom is 0.291 e. The van der Waals surface area contributed by atoms with Crippen molar-refractivity contribution in [1.29, 1.82) is 0 Å². The molecule has 5 nitrogen and oxygen atoms in total. The summed E-state index contributed by atoms with van der Waals surface area (Å²) in [6.45, 7) is 0.250. The highest BCUT2D eigenvalue weighted by molar-refractivity contribution is 6.02. The maximum atomic E-state index is 13.5. The first kappa shape index (κ1) is 16.4. The lowest BCUT2D eigenvalue weighted by molar-refractivity contribution is 0.0946. The second kappa shape index (κ2) is 7.44. The molecule has 0 spiro atoms. The van der Waals surface area contributed by atoms with Gasteiger partial charge in [-0.25, -0.2) is 4.39 Å². The molecule has 1 heterocycles. The van der Waals surface area contributed by atoms with Crippen molar-refractivity contribution in [1.82, 2.24) is 5.32 Å². The molecule has 126 valence electrons. The summed E-state index contributed by atoms with van der Waals surface area (Å²) in [5, 5.41) is 5.36. The number of hydrogen-bond acceptors (Lipinski definition) is 3. The molecular weight excluding hydrogens is 323 g/mol. The van der Waals surface area contributed by atoms with Crippen LogP contribution in [0.5, 0.6) is 0 Å². The summed E-state index contributed by atoms with van der Waals surface area (Å²) in [6.07, 6.45) is 1.43. The summed E-state index contributed by atoms with van der Waals surface area (Å²) < 4.78 is 18.6. The molecular formula is C19H15FN2O3. The van der Waals surface area contributed by atoms with Gasteiger partial charge in [0.1, 0.15) is 5.82 Å². The number of furan rings is 1. The molecule has 2 amide bonds. The minimum atomic E-state index is -0.559. The second-order valence-electron chi connectivity index (χ2n) is 5.29. The van der Waals surface area contributed by atoms with Crippen LogP contribution in [0, 0.1) is 5.82 Å². The number of carbonyl (C=O) groups is 2. The van der Waals surface area contributed by atoms with E-state index in [1.165, 1.54) is 24.5 Å². The summed E-state index contributed by atoms with van der Waals surface area (Å²) in [5.41, 5.74) is 1.43. The van der Waals surface area contributed by atoms with Crippen molar-refractivity contribution in [2.24, 2.45) is 0 Å². The molecule has 3 rings (SSSR count). The smallest absolute Gasteiger partial charge is 0.291 e. The van der Waals surface area contributed by atoms with Crippen LogP contribution in [-0.4, -0.2) is 11.8 Å². The van der Waals surface area contributed by atoms with Gasteiger partial charge in [0, 0.05) is 12.2 Å². The van der Waals surface area contributed by atoms with Gasteiger partial charge in [0.2, 0.25) is 0 Å². The number of rotatable bonds is 5. The highest BCUT2D eigenvalue weighted by Crippen LogP contribution is 2.12. The number of halogens is 1. The van der Waals surface area contributed by atoms with Crippen molar-refractivity contribution < 1.29 is 18.4 Å². The van der Waals surface area contributed by atoms with Crippen LogP contribution in [0.2, 0.25) is 0 Å². The Morgan fingerprint density at radius 2 is 1.68 bits per heavy atom. The number of carbonyl (C=O) groups excluding carboxylic acids is 2. The predicted octanol–water partition coefficient (Wildman–Crippen LogP) is 3.60. The summed E-state index contributed by atoms with van der Waals surface area (Å²) in [4.78, 5) is 23.8. The lowest BCUT2D eigenvalue weighted by Crippen LogP contribution is -2.23. The van der Waals surface area contributed by atoms with Gasteiger partial charge in [-0.15, -0.1) is 0 Å². The Morgan fingerprint density at radius 3 is 2.36 bits per heavy atom. The zero-order valence-corrected chi connectivity index (χ0v) is 13.2. The first-order chi connectivity index (χ1) is 12.1. The van der Waals surface area contributed by atoms with Crippen LogP contribution in [0.4, 0.5) is 10.1 Å². The molecule has 0 radical (unpaired) electrons. The van der Waals surface area contributed by atoms with Crippen LogP contribution < -0.4 is 10.6 Å². The van der Waals surface area contributed by atoms with Gasteiger partial charge < -0.3 is 15.1 Å². The van der Waals surface area contributed by atoms with Gasteiger partial charge in [-0.2, -0.15) is 0 Å². The molecule has 25 heavy (non-hydrogen) atoms. The Balaban J connectivity index is 1.57. The van der Waals surface area contributed by atoms with Crippen molar-refractivity contribution in [3.8, 4) is 0 Å². The van der Waals surface area contributed by atoms with Crippen LogP contribution in [0.15, 0.2) is 71.3 Å². The van der Waals surface area contributed by atoms with Crippen LogP contribution in [-0.2, 0) is 6.54 Å². The van der Waals surface area contributed by atoms with Crippen molar-refractivity contribution in [3.05, 3.63) is 89.6 Å². The van der Waals surface area contributed by atoms with Gasteiger partial charge in [0.15, 0.2) is 5.76 Å². The number of amides is 2. The third-order valence-electron chi connectivity index (χ3n) is 3.53. The monoisotopic (exact) mass is 338 g/mol. The summed E-state index contributed by atoms with van der Waals surface area (Å²) in [5.74, 6) is -1.16. The van der Waals surface area contributed by atoms with Crippen LogP contribution in [0.1, 0.15) is 26.5 Å². The average molecular weight is 338 g/mol. The molecule has 0 saturated heterocycles. The largest absolute Gasteiger partial charge is 0.459 e. The molecule has 0 atom stereocenters. The van der Waals surface area contributed by atoms with Crippen molar-refractivity contribution in [2.75, 3.05) is 5.32 Å².